The van der Waals surface area contributed by atoms with Crippen molar-refractivity contribution in [1.82, 2.24) is 19.9 Å². The Balaban J connectivity index is 1.86. The largest absolute Gasteiger partial charge is 0.378 e. The average Bonchev–Trinajstić information content (AvgIpc) is 3.00. The highest BCUT2D eigenvalue weighted by Crippen LogP contribution is 2.25. The van der Waals surface area contributed by atoms with Crippen molar-refractivity contribution >= 4 is 17.2 Å². The molecule has 22 heavy (non-hydrogen) atoms. The van der Waals surface area contributed by atoms with E-state index in [9.17, 15) is 0 Å². The van der Waals surface area contributed by atoms with Crippen LogP contribution in [0, 0.1) is 6.92 Å². The van der Waals surface area contributed by atoms with Gasteiger partial charge in [0, 0.05) is 44.3 Å². The smallest absolute Gasteiger partial charge is 0.150 e. The summed E-state index contributed by atoms with van der Waals surface area (Å²) < 4.78 is 5.67. The zero-order valence-corrected chi connectivity index (χ0v) is 14.0. The number of hydrogen-bond acceptors (Lipinski definition) is 7. The monoisotopic (exact) mass is 319 g/mol. The molecule has 3 heterocycles. The van der Waals surface area contributed by atoms with Crippen molar-refractivity contribution in [3.8, 4) is 0 Å². The Morgan fingerprint density at radius 1 is 1.41 bits per heavy atom. The van der Waals surface area contributed by atoms with Crippen LogP contribution in [-0.2, 0) is 11.3 Å². The summed E-state index contributed by atoms with van der Waals surface area (Å²) in [6.07, 6.45) is 0. The van der Waals surface area contributed by atoms with Crippen LogP contribution in [-0.4, -0.2) is 53.7 Å². The van der Waals surface area contributed by atoms with Gasteiger partial charge >= 0.3 is 0 Å². The van der Waals surface area contributed by atoms with Crippen molar-refractivity contribution in [3.63, 3.8) is 0 Å². The Hall–Kier alpha value is -1.57. The number of thiazole rings is 1. The molecule has 7 heteroatoms. The van der Waals surface area contributed by atoms with Gasteiger partial charge in [0.2, 0.25) is 0 Å². The number of rotatable bonds is 4. The minimum atomic E-state index is 0.0778. The molecule has 1 unspecified atom stereocenters. The second kappa shape index (κ2) is 6.68. The van der Waals surface area contributed by atoms with Gasteiger partial charge in [-0.15, -0.1) is 11.3 Å². The van der Waals surface area contributed by atoms with Crippen LogP contribution in [0.2, 0.25) is 0 Å². The van der Waals surface area contributed by atoms with Gasteiger partial charge in [0.25, 0.3) is 0 Å². The highest BCUT2D eigenvalue weighted by atomic mass is 32.1. The summed E-state index contributed by atoms with van der Waals surface area (Å²) in [7, 11) is 3.99. The molecule has 0 N–H and O–H groups in total. The summed E-state index contributed by atoms with van der Waals surface area (Å²) in [5.41, 5.74) is 3.95. The number of morpholine rings is 1. The number of hydrogen-bond donors (Lipinski definition) is 0. The van der Waals surface area contributed by atoms with Gasteiger partial charge in [-0.25, -0.2) is 15.0 Å². The van der Waals surface area contributed by atoms with E-state index in [0.717, 1.165) is 42.7 Å². The molecule has 0 bridgehead atoms. The van der Waals surface area contributed by atoms with Gasteiger partial charge in [0.15, 0.2) is 0 Å². The number of aromatic nitrogens is 3. The fourth-order valence-electron chi connectivity index (χ4n) is 2.54. The summed E-state index contributed by atoms with van der Waals surface area (Å²) in [6, 6.07) is 2.08. The summed E-state index contributed by atoms with van der Waals surface area (Å²) in [5, 5.41) is 2.09. The molecule has 118 valence electrons. The zero-order valence-electron chi connectivity index (χ0n) is 13.2. The SMILES string of the molecule is Cc1cc(N(C)C)nc(C2COCCN2Cc2cscn2)n1. The third-order valence-electron chi connectivity index (χ3n) is 3.70. The first-order chi connectivity index (χ1) is 10.6. The Labute approximate surface area is 134 Å². The maximum absolute atomic E-state index is 5.67. The van der Waals surface area contributed by atoms with Crippen LogP contribution >= 0.6 is 11.3 Å². The maximum Gasteiger partial charge on any atom is 0.150 e. The Kier molecular flexibility index (Phi) is 4.66. The van der Waals surface area contributed by atoms with E-state index in [0.29, 0.717) is 6.61 Å². The van der Waals surface area contributed by atoms with Crippen LogP contribution in [0.15, 0.2) is 17.0 Å². The molecular weight excluding hydrogens is 298 g/mol. The molecule has 1 aliphatic heterocycles. The highest BCUT2D eigenvalue weighted by molar-refractivity contribution is 7.07. The molecule has 2 aromatic rings. The average molecular weight is 319 g/mol. The first kappa shape index (κ1) is 15.3. The third-order valence-corrected chi connectivity index (χ3v) is 4.34. The van der Waals surface area contributed by atoms with Crippen molar-refractivity contribution in [2.45, 2.75) is 19.5 Å². The minimum Gasteiger partial charge on any atom is -0.378 e. The van der Waals surface area contributed by atoms with Crippen LogP contribution in [0.25, 0.3) is 0 Å². The number of ether oxygens (including phenoxy) is 1. The molecule has 0 spiro atoms. The van der Waals surface area contributed by atoms with E-state index in [1.807, 2.05) is 37.5 Å². The molecule has 0 radical (unpaired) electrons. The molecule has 1 atom stereocenters. The molecule has 2 aromatic heterocycles. The summed E-state index contributed by atoms with van der Waals surface area (Å²) in [5.74, 6) is 1.76. The third kappa shape index (κ3) is 3.43. The molecule has 1 saturated heterocycles. The summed E-state index contributed by atoms with van der Waals surface area (Å²) in [4.78, 5) is 18.1. The van der Waals surface area contributed by atoms with Gasteiger partial charge in [0.05, 0.1) is 30.5 Å². The van der Waals surface area contributed by atoms with E-state index in [1.54, 1.807) is 11.3 Å². The van der Waals surface area contributed by atoms with Crippen LogP contribution in [0.4, 0.5) is 5.82 Å². The maximum atomic E-state index is 5.67. The van der Waals surface area contributed by atoms with Gasteiger partial charge in [-0.3, -0.25) is 4.90 Å². The van der Waals surface area contributed by atoms with E-state index >= 15 is 0 Å². The number of anilines is 1. The van der Waals surface area contributed by atoms with E-state index in [-0.39, 0.29) is 6.04 Å². The van der Waals surface area contributed by atoms with Crippen molar-refractivity contribution in [2.75, 3.05) is 38.8 Å². The molecule has 0 aromatic carbocycles. The highest BCUT2D eigenvalue weighted by Gasteiger charge is 2.28. The summed E-state index contributed by atoms with van der Waals surface area (Å²) in [6.45, 7) is 5.06. The number of aryl methyl sites for hydroxylation is 1. The topological polar surface area (TPSA) is 54.4 Å². The molecule has 0 saturated carbocycles. The Morgan fingerprint density at radius 2 is 2.27 bits per heavy atom. The lowest BCUT2D eigenvalue weighted by Crippen LogP contribution is -2.40. The standard InChI is InChI=1S/C15H21N5OS/c1-11-6-14(19(2)3)18-15(17-11)13-8-21-5-4-20(13)7-12-9-22-10-16-12/h6,9-10,13H,4-5,7-8H2,1-3H3. The number of nitrogens with zero attached hydrogens (tertiary/aromatic N) is 5. The minimum absolute atomic E-state index is 0.0778. The van der Waals surface area contributed by atoms with Crippen LogP contribution in [0.5, 0.6) is 0 Å². The fourth-order valence-corrected chi connectivity index (χ4v) is 3.09. The predicted molar refractivity (Wildman–Crippen MR) is 87.2 cm³/mol. The van der Waals surface area contributed by atoms with Crippen molar-refractivity contribution in [2.24, 2.45) is 0 Å². The fraction of sp³-hybridized carbons (Fsp3) is 0.533. The second-order valence-electron chi connectivity index (χ2n) is 5.66. The van der Waals surface area contributed by atoms with Crippen molar-refractivity contribution in [1.29, 1.82) is 0 Å². The van der Waals surface area contributed by atoms with E-state index < -0.39 is 0 Å². The van der Waals surface area contributed by atoms with Crippen molar-refractivity contribution < 1.29 is 4.74 Å². The molecule has 0 amide bonds. The van der Waals surface area contributed by atoms with E-state index in [4.69, 9.17) is 9.72 Å². The van der Waals surface area contributed by atoms with E-state index in [2.05, 4.69) is 20.2 Å². The molecule has 1 aliphatic rings. The normalized spacial score (nSPS) is 19.3. The predicted octanol–water partition coefficient (Wildman–Crippen LogP) is 1.88. The van der Waals surface area contributed by atoms with Gasteiger partial charge in [-0.05, 0) is 6.92 Å². The Bertz CT molecular complexity index is 616. The van der Waals surface area contributed by atoms with Crippen LogP contribution < -0.4 is 4.90 Å². The first-order valence-electron chi connectivity index (χ1n) is 7.35. The lowest BCUT2D eigenvalue weighted by atomic mass is 10.2. The molecule has 1 fully saturated rings. The molecule has 6 nitrogen and oxygen atoms in total. The van der Waals surface area contributed by atoms with Gasteiger partial charge in [0.1, 0.15) is 11.6 Å². The lowest BCUT2D eigenvalue weighted by Gasteiger charge is -2.34. The van der Waals surface area contributed by atoms with E-state index in [1.165, 1.54) is 0 Å². The van der Waals surface area contributed by atoms with Gasteiger partial charge in [-0.2, -0.15) is 0 Å². The summed E-state index contributed by atoms with van der Waals surface area (Å²) >= 11 is 1.63. The second-order valence-corrected chi connectivity index (χ2v) is 6.38. The van der Waals surface area contributed by atoms with Gasteiger partial charge < -0.3 is 9.64 Å². The molecule has 3 rings (SSSR count). The lowest BCUT2D eigenvalue weighted by molar-refractivity contribution is -0.0164. The Morgan fingerprint density at radius 3 is 3.00 bits per heavy atom. The molecular formula is C15H21N5OS. The van der Waals surface area contributed by atoms with Crippen molar-refractivity contribution in [3.05, 3.63) is 34.2 Å². The molecule has 0 aliphatic carbocycles. The van der Waals surface area contributed by atoms with Crippen LogP contribution in [0.1, 0.15) is 23.3 Å². The first-order valence-corrected chi connectivity index (χ1v) is 8.29. The van der Waals surface area contributed by atoms with Crippen LogP contribution in [0.3, 0.4) is 0 Å². The quantitative estimate of drug-likeness (QED) is 0.858. The van der Waals surface area contributed by atoms with Gasteiger partial charge in [-0.1, -0.05) is 0 Å². The zero-order chi connectivity index (χ0) is 15.5.